The van der Waals surface area contributed by atoms with Gasteiger partial charge in [-0.15, -0.1) is 11.8 Å². The van der Waals surface area contributed by atoms with Crippen molar-refractivity contribution in [1.82, 2.24) is 4.98 Å². The van der Waals surface area contributed by atoms with E-state index < -0.39 is 16.4 Å². The Morgan fingerprint density at radius 3 is 2.55 bits per heavy atom. The third kappa shape index (κ3) is 5.22. The number of pyridine rings is 1. The molecule has 33 heavy (non-hydrogen) atoms. The molecule has 3 aromatic rings. The number of nitriles is 1. The summed E-state index contributed by atoms with van der Waals surface area (Å²) >= 11 is 1.40. The zero-order valence-electron chi connectivity index (χ0n) is 19.0. The van der Waals surface area contributed by atoms with E-state index in [1.165, 1.54) is 17.3 Å². The van der Waals surface area contributed by atoms with Crippen molar-refractivity contribution < 1.29 is 9.32 Å². The van der Waals surface area contributed by atoms with Crippen molar-refractivity contribution in [3.05, 3.63) is 71.8 Å². The van der Waals surface area contributed by atoms with Crippen LogP contribution in [0.25, 0.3) is 22.4 Å². The molecule has 170 valence electrons. The second-order valence-corrected chi connectivity index (χ2v) is 11.2. The highest BCUT2D eigenvalue weighted by Gasteiger charge is 2.41. The van der Waals surface area contributed by atoms with Gasteiger partial charge >= 0.3 is 0 Å². The predicted molar refractivity (Wildman–Crippen MR) is 137 cm³/mol. The maximum Gasteiger partial charge on any atom is 0.115 e. The second-order valence-electron chi connectivity index (χ2n) is 8.70. The van der Waals surface area contributed by atoms with Crippen molar-refractivity contribution in [3.63, 3.8) is 0 Å². The monoisotopic (exact) mass is 476 g/mol. The number of rotatable bonds is 6. The molecule has 0 amide bonds. The Labute approximate surface area is 202 Å². The highest BCUT2D eigenvalue weighted by atomic mass is 32.2. The van der Waals surface area contributed by atoms with Crippen LogP contribution in [0.1, 0.15) is 36.8 Å². The molecule has 2 aromatic carbocycles. The Hall–Kier alpha value is -2.46. The fraction of sp³-hybridized carbons (Fsp3) is 0.333. The number of hydrogen-bond donors (Lipinski definition) is 1. The van der Waals surface area contributed by atoms with Gasteiger partial charge in [-0.05, 0) is 31.4 Å². The number of aryl methyl sites for hydroxylation is 1. The van der Waals surface area contributed by atoms with Gasteiger partial charge in [0.1, 0.15) is 11.1 Å². The summed E-state index contributed by atoms with van der Waals surface area (Å²) in [7, 11) is -1.11. The smallest absolute Gasteiger partial charge is 0.115 e. The van der Waals surface area contributed by atoms with Crippen LogP contribution in [0.2, 0.25) is 0 Å². The molecular weight excluding hydrogens is 448 g/mol. The van der Waals surface area contributed by atoms with Crippen LogP contribution in [0, 0.1) is 18.3 Å². The van der Waals surface area contributed by atoms with Crippen LogP contribution >= 0.6 is 11.8 Å². The molecule has 1 aliphatic rings. The molecule has 1 aromatic heterocycles. The molecule has 3 atom stereocenters. The summed E-state index contributed by atoms with van der Waals surface area (Å²) in [6.07, 6.45) is 4.96. The Morgan fingerprint density at radius 2 is 1.88 bits per heavy atom. The van der Waals surface area contributed by atoms with Crippen LogP contribution in [0.15, 0.2) is 65.7 Å². The van der Waals surface area contributed by atoms with Gasteiger partial charge in [0.05, 0.1) is 22.1 Å². The Morgan fingerprint density at radius 1 is 1.15 bits per heavy atom. The minimum Gasteiger partial charge on any atom is -0.388 e. The predicted octanol–water partition coefficient (Wildman–Crippen LogP) is 5.74. The molecule has 0 saturated heterocycles. The molecule has 4 rings (SSSR count). The average molecular weight is 477 g/mol. The minimum absolute atomic E-state index is 0.252. The molecule has 1 aliphatic carbocycles. The lowest BCUT2D eigenvalue weighted by molar-refractivity contribution is 0.0326. The van der Waals surface area contributed by atoms with Crippen molar-refractivity contribution in [2.75, 3.05) is 12.0 Å². The van der Waals surface area contributed by atoms with E-state index in [9.17, 15) is 14.6 Å². The normalized spacial score (nSPS) is 21.3. The lowest BCUT2D eigenvalue weighted by atomic mass is 9.86. The maximum absolute atomic E-state index is 12.3. The number of aliphatic hydroxyl groups is 1. The largest absolute Gasteiger partial charge is 0.388 e. The van der Waals surface area contributed by atoms with Crippen LogP contribution in [-0.4, -0.2) is 37.2 Å². The number of aromatic nitrogens is 1. The Bertz CT molecular complexity index is 1190. The molecule has 1 N–H and O–H groups in total. The average Bonchev–Trinajstić information content (AvgIpc) is 2.83. The number of thioether (sulfide) groups is 1. The SMILES string of the molecule is Cc1ccc(-c2cc(-c3ccccc3)c(C#N)c(SC[C@]3(O)CCCC[C@@H]3[S@@](C)=O)n2)cc1. The van der Waals surface area contributed by atoms with E-state index in [1.54, 1.807) is 6.26 Å². The summed E-state index contributed by atoms with van der Waals surface area (Å²) < 4.78 is 12.3. The highest BCUT2D eigenvalue weighted by molar-refractivity contribution is 7.99. The Balaban J connectivity index is 1.77. The van der Waals surface area contributed by atoms with E-state index in [4.69, 9.17) is 4.98 Å². The molecule has 6 heteroatoms. The maximum atomic E-state index is 12.3. The number of benzene rings is 2. The molecule has 0 unspecified atom stereocenters. The van der Waals surface area contributed by atoms with Crippen molar-refractivity contribution in [2.24, 2.45) is 0 Å². The third-order valence-electron chi connectivity index (χ3n) is 6.32. The van der Waals surface area contributed by atoms with E-state index in [2.05, 4.69) is 18.2 Å². The van der Waals surface area contributed by atoms with Gasteiger partial charge in [0.15, 0.2) is 0 Å². The summed E-state index contributed by atoms with van der Waals surface area (Å²) in [5, 5.41) is 21.8. The first kappa shape index (κ1) is 23.7. The molecule has 1 heterocycles. The van der Waals surface area contributed by atoms with Crippen molar-refractivity contribution >= 4 is 22.6 Å². The van der Waals surface area contributed by atoms with Gasteiger partial charge in [-0.2, -0.15) is 5.26 Å². The second kappa shape index (κ2) is 10.2. The molecular formula is C27H28N2O2S2. The molecule has 0 radical (unpaired) electrons. The van der Waals surface area contributed by atoms with E-state index in [0.29, 0.717) is 22.8 Å². The number of nitrogens with zero attached hydrogens (tertiary/aromatic N) is 2. The third-order valence-corrected chi connectivity index (χ3v) is 9.00. The summed E-state index contributed by atoms with van der Waals surface area (Å²) in [6, 6.07) is 22.4. The minimum atomic E-state index is -1.11. The highest BCUT2D eigenvalue weighted by Crippen LogP contribution is 2.39. The summed E-state index contributed by atoms with van der Waals surface area (Å²) in [5.74, 6) is 0.366. The number of hydrogen-bond acceptors (Lipinski definition) is 5. The first-order valence-electron chi connectivity index (χ1n) is 11.2. The zero-order chi connectivity index (χ0) is 23.4. The topological polar surface area (TPSA) is 74.0 Å². The van der Waals surface area contributed by atoms with Crippen LogP contribution < -0.4 is 0 Å². The Kier molecular flexibility index (Phi) is 7.33. The van der Waals surface area contributed by atoms with E-state index in [1.807, 2.05) is 55.5 Å². The van der Waals surface area contributed by atoms with Gasteiger partial charge in [0.25, 0.3) is 0 Å². The quantitative estimate of drug-likeness (QED) is 0.459. The van der Waals surface area contributed by atoms with Crippen molar-refractivity contribution in [1.29, 1.82) is 5.26 Å². The van der Waals surface area contributed by atoms with Crippen LogP contribution in [0.3, 0.4) is 0 Å². The van der Waals surface area contributed by atoms with E-state index in [-0.39, 0.29) is 5.25 Å². The van der Waals surface area contributed by atoms with Gasteiger partial charge in [-0.25, -0.2) is 4.98 Å². The summed E-state index contributed by atoms with van der Waals surface area (Å²) in [5.41, 5.74) is 4.21. The van der Waals surface area contributed by atoms with E-state index >= 15 is 0 Å². The standard InChI is InChI=1S/C27H28N2O2S2/c1-19-11-13-21(14-12-19)24-16-22(20-8-4-3-5-9-20)23(17-28)26(29-24)32-18-27(30)15-7-6-10-25(27)33(2)31/h3-5,8-9,11-14,16,25,30H,6-7,10,15,18H2,1-2H3/t25-,27+,33+/m0/s1. The molecule has 0 aliphatic heterocycles. The van der Waals surface area contributed by atoms with E-state index in [0.717, 1.165) is 41.6 Å². The van der Waals surface area contributed by atoms with Gasteiger partial charge in [0.2, 0.25) is 0 Å². The molecule has 4 nitrogen and oxygen atoms in total. The first-order valence-corrected chi connectivity index (χ1v) is 13.8. The summed E-state index contributed by atoms with van der Waals surface area (Å²) in [4.78, 5) is 4.87. The lowest BCUT2D eigenvalue weighted by Gasteiger charge is -2.38. The van der Waals surface area contributed by atoms with Gasteiger partial charge in [-0.1, -0.05) is 73.0 Å². The fourth-order valence-electron chi connectivity index (χ4n) is 4.48. The van der Waals surface area contributed by atoms with Gasteiger partial charge < -0.3 is 5.11 Å². The lowest BCUT2D eigenvalue weighted by Crippen LogP contribution is -2.49. The first-order chi connectivity index (χ1) is 15.9. The van der Waals surface area contributed by atoms with Crippen molar-refractivity contribution in [2.45, 2.75) is 48.5 Å². The zero-order valence-corrected chi connectivity index (χ0v) is 20.6. The molecule has 0 bridgehead atoms. The summed E-state index contributed by atoms with van der Waals surface area (Å²) in [6.45, 7) is 2.05. The van der Waals surface area contributed by atoms with Crippen LogP contribution in [-0.2, 0) is 10.8 Å². The van der Waals surface area contributed by atoms with Gasteiger partial charge in [0, 0.05) is 33.9 Å². The van der Waals surface area contributed by atoms with Crippen LogP contribution in [0.5, 0.6) is 0 Å². The van der Waals surface area contributed by atoms with Crippen molar-refractivity contribution in [3.8, 4) is 28.5 Å². The molecule has 1 fully saturated rings. The molecule has 1 saturated carbocycles. The van der Waals surface area contributed by atoms with Gasteiger partial charge in [-0.3, -0.25) is 4.21 Å². The van der Waals surface area contributed by atoms with Crippen LogP contribution in [0.4, 0.5) is 0 Å². The fourth-order valence-corrected chi connectivity index (χ4v) is 7.09. The molecule has 0 spiro atoms.